The van der Waals surface area contributed by atoms with Crippen molar-refractivity contribution in [2.75, 3.05) is 0 Å². The predicted molar refractivity (Wildman–Crippen MR) is 79.0 cm³/mol. The Kier molecular flexibility index (Phi) is 3.96. The summed E-state index contributed by atoms with van der Waals surface area (Å²) in [5.41, 5.74) is 1.11. The van der Waals surface area contributed by atoms with Gasteiger partial charge in [-0.15, -0.1) is 0 Å². The van der Waals surface area contributed by atoms with Crippen molar-refractivity contribution in [3.63, 3.8) is 0 Å². The van der Waals surface area contributed by atoms with Crippen LogP contribution in [-0.4, -0.2) is 35.9 Å². The summed E-state index contributed by atoms with van der Waals surface area (Å²) in [5.74, 6) is -1.03. The second-order valence-corrected chi connectivity index (χ2v) is 4.78. The van der Waals surface area contributed by atoms with Crippen LogP contribution in [-0.2, 0) is 6.54 Å². The summed E-state index contributed by atoms with van der Waals surface area (Å²) in [6, 6.07) is 6.16. The maximum absolute atomic E-state index is 13.2. The summed E-state index contributed by atoms with van der Waals surface area (Å²) in [5, 5.41) is 20.0. The average Bonchev–Trinajstić information content (AvgIpc) is 3.18. The number of aliphatic hydroxyl groups is 1. The third kappa shape index (κ3) is 3.49. The van der Waals surface area contributed by atoms with E-state index < -0.39 is 5.78 Å². The van der Waals surface area contributed by atoms with Gasteiger partial charge in [-0.1, -0.05) is 12.1 Å². The number of hydrogen-bond acceptors (Lipinski definition) is 5. The molecular weight excluding hydrogens is 301 g/mol. The van der Waals surface area contributed by atoms with Crippen LogP contribution in [0.25, 0.3) is 5.76 Å². The van der Waals surface area contributed by atoms with E-state index in [2.05, 4.69) is 20.3 Å². The third-order valence-corrected chi connectivity index (χ3v) is 3.08. The van der Waals surface area contributed by atoms with Gasteiger partial charge in [0.2, 0.25) is 5.78 Å². The molecule has 0 saturated carbocycles. The van der Waals surface area contributed by atoms with E-state index in [9.17, 15) is 14.3 Å². The summed E-state index contributed by atoms with van der Waals surface area (Å²) in [7, 11) is 0. The topological polar surface area (TPSA) is 96.7 Å². The normalized spacial score (nSPS) is 11.6. The molecule has 3 aromatic rings. The molecule has 2 aromatic heterocycles. The number of aromatic amines is 1. The molecule has 2 heterocycles. The molecule has 0 amide bonds. The third-order valence-electron chi connectivity index (χ3n) is 3.08. The van der Waals surface area contributed by atoms with Gasteiger partial charge in [0.05, 0.1) is 18.3 Å². The molecule has 0 spiro atoms. The molecular formula is C15H12FN5O2. The zero-order valence-corrected chi connectivity index (χ0v) is 11.8. The highest BCUT2D eigenvalue weighted by molar-refractivity contribution is 6.05. The molecule has 1 aromatic carbocycles. The van der Waals surface area contributed by atoms with Gasteiger partial charge in [0.1, 0.15) is 17.9 Å². The number of H-pyrrole nitrogens is 1. The molecule has 116 valence electrons. The first-order valence-corrected chi connectivity index (χ1v) is 6.69. The number of aliphatic hydroxyl groups excluding tert-OH is 1. The zero-order chi connectivity index (χ0) is 16.2. The first kappa shape index (κ1) is 14.6. The fraction of sp³-hybridized carbons (Fsp3) is 0.0667. The van der Waals surface area contributed by atoms with Crippen LogP contribution in [0.2, 0.25) is 0 Å². The van der Waals surface area contributed by atoms with Gasteiger partial charge in [-0.25, -0.2) is 9.37 Å². The molecule has 0 fully saturated rings. The minimum Gasteiger partial charge on any atom is -0.507 e. The van der Waals surface area contributed by atoms with Gasteiger partial charge in [-0.2, -0.15) is 10.2 Å². The highest BCUT2D eigenvalue weighted by atomic mass is 19.1. The summed E-state index contributed by atoms with van der Waals surface area (Å²) >= 11 is 0. The van der Waals surface area contributed by atoms with E-state index in [-0.39, 0.29) is 17.4 Å². The Morgan fingerprint density at radius 1 is 1.43 bits per heavy atom. The van der Waals surface area contributed by atoms with Gasteiger partial charge in [0, 0.05) is 12.3 Å². The lowest BCUT2D eigenvalue weighted by Crippen LogP contribution is -2.00. The van der Waals surface area contributed by atoms with E-state index in [0.29, 0.717) is 12.1 Å². The molecule has 8 heteroatoms. The number of rotatable bonds is 5. The van der Waals surface area contributed by atoms with Crippen molar-refractivity contribution in [1.29, 1.82) is 0 Å². The smallest absolute Gasteiger partial charge is 0.226 e. The Balaban J connectivity index is 1.75. The second-order valence-electron chi connectivity index (χ2n) is 4.78. The quantitative estimate of drug-likeness (QED) is 0.426. The number of allylic oxidation sites excluding steroid dienone is 1. The maximum Gasteiger partial charge on any atom is 0.226 e. The van der Waals surface area contributed by atoms with E-state index in [4.69, 9.17) is 0 Å². The Bertz CT molecular complexity index is 854. The van der Waals surface area contributed by atoms with Gasteiger partial charge >= 0.3 is 0 Å². The lowest BCUT2D eigenvalue weighted by molar-refractivity contribution is 0.103. The largest absolute Gasteiger partial charge is 0.507 e. The molecule has 0 atom stereocenters. The molecule has 0 aliphatic rings. The van der Waals surface area contributed by atoms with Crippen LogP contribution in [0.1, 0.15) is 21.7 Å². The van der Waals surface area contributed by atoms with Crippen LogP contribution in [0, 0.1) is 5.82 Å². The van der Waals surface area contributed by atoms with Crippen molar-refractivity contribution in [2.45, 2.75) is 6.54 Å². The minimum atomic E-state index is -0.502. The van der Waals surface area contributed by atoms with Crippen molar-refractivity contribution in [1.82, 2.24) is 25.0 Å². The van der Waals surface area contributed by atoms with Crippen LogP contribution in [0.4, 0.5) is 4.39 Å². The fourth-order valence-electron chi connectivity index (χ4n) is 2.00. The number of carbonyl (C=O) groups is 1. The van der Waals surface area contributed by atoms with Crippen LogP contribution < -0.4 is 0 Å². The highest BCUT2D eigenvalue weighted by Gasteiger charge is 2.10. The number of halogens is 1. The number of nitrogens with one attached hydrogen (secondary N) is 1. The zero-order valence-electron chi connectivity index (χ0n) is 11.8. The Labute approximate surface area is 130 Å². The SMILES string of the molecule is O=C(C=C(O)c1cnn(Cc2cccc(F)c2)c1)c1ncn[nH]1. The molecule has 0 aliphatic carbocycles. The molecule has 0 aliphatic heterocycles. The van der Waals surface area contributed by atoms with E-state index in [1.165, 1.54) is 29.3 Å². The molecule has 0 saturated heterocycles. The van der Waals surface area contributed by atoms with Crippen molar-refractivity contribution in [3.8, 4) is 0 Å². The van der Waals surface area contributed by atoms with Gasteiger partial charge in [-0.05, 0) is 17.7 Å². The van der Waals surface area contributed by atoms with E-state index >= 15 is 0 Å². The van der Waals surface area contributed by atoms with Gasteiger partial charge < -0.3 is 5.11 Å². The van der Waals surface area contributed by atoms with Crippen LogP contribution in [0.5, 0.6) is 0 Å². The molecule has 3 rings (SSSR count). The lowest BCUT2D eigenvalue weighted by Gasteiger charge is -2.01. The summed E-state index contributed by atoms with van der Waals surface area (Å²) < 4.78 is 14.7. The number of hydrogen-bond donors (Lipinski definition) is 2. The maximum atomic E-state index is 13.2. The average molecular weight is 313 g/mol. The fourth-order valence-corrected chi connectivity index (χ4v) is 2.00. The molecule has 0 unspecified atom stereocenters. The Morgan fingerprint density at radius 3 is 3.04 bits per heavy atom. The number of benzene rings is 1. The van der Waals surface area contributed by atoms with Crippen LogP contribution in [0.15, 0.2) is 49.1 Å². The van der Waals surface area contributed by atoms with Crippen LogP contribution >= 0.6 is 0 Å². The number of aromatic nitrogens is 5. The highest BCUT2D eigenvalue weighted by Crippen LogP contribution is 2.12. The lowest BCUT2D eigenvalue weighted by atomic mass is 10.2. The summed E-state index contributed by atoms with van der Waals surface area (Å²) in [6.07, 6.45) is 5.21. The molecule has 2 N–H and O–H groups in total. The second kappa shape index (κ2) is 6.22. The van der Waals surface area contributed by atoms with Crippen molar-refractivity contribution < 1.29 is 14.3 Å². The first-order valence-electron chi connectivity index (χ1n) is 6.69. The van der Waals surface area contributed by atoms with Crippen molar-refractivity contribution >= 4 is 11.5 Å². The van der Waals surface area contributed by atoms with Crippen molar-refractivity contribution in [2.24, 2.45) is 0 Å². The van der Waals surface area contributed by atoms with Gasteiger partial charge in [0.25, 0.3) is 0 Å². The van der Waals surface area contributed by atoms with Crippen LogP contribution in [0.3, 0.4) is 0 Å². The molecule has 7 nitrogen and oxygen atoms in total. The van der Waals surface area contributed by atoms with E-state index in [1.54, 1.807) is 18.3 Å². The van der Waals surface area contributed by atoms with E-state index in [1.807, 2.05) is 0 Å². The minimum absolute atomic E-state index is 0.0312. The van der Waals surface area contributed by atoms with Crippen molar-refractivity contribution in [3.05, 3.63) is 71.8 Å². The molecule has 0 bridgehead atoms. The Hall–Kier alpha value is -3.29. The van der Waals surface area contributed by atoms with Gasteiger partial charge in [0.15, 0.2) is 5.82 Å². The Morgan fingerprint density at radius 2 is 2.30 bits per heavy atom. The number of ketones is 1. The standard InChI is InChI=1S/C15H12FN5O2/c16-12-3-1-2-10(4-12)7-21-8-11(6-19-21)13(22)5-14(23)15-17-9-18-20-15/h1-6,8-9,22H,7H2,(H,17,18,20). The molecule has 0 radical (unpaired) electrons. The predicted octanol–water partition coefficient (Wildman–Crippen LogP) is 1.97. The summed E-state index contributed by atoms with van der Waals surface area (Å²) in [4.78, 5) is 15.5. The summed E-state index contributed by atoms with van der Waals surface area (Å²) in [6.45, 7) is 0.348. The van der Waals surface area contributed by atoms with E-state index in [0.717, 1.165) is 11.6 Å². The number of nitrogens with zero attached hydrogens (tertiary/aromatic N) is 4. The van der Waals surface area contributed by atoms with Gasteiger partial charge in [-0.3, -0.25) is 14.6 Å². The molecule has 23 heavy (non-hydrogen) atoms. The number of carbonyl (C=O) groups excluding carboxylic acids is 1. The monoisotopic (exact) mass is 313 g/mol. The first-order chi connectivity index (χ1) is 11.1.